The van der Waals surface area contributed by atoms with Gasteiger partial charge in [-0.25, -0.2) is 0 Å². The molecule has 172 valence electrons. The van der Waals surface area contributed by atoms with Gasteiger partial charge in [0.1, 0.15) is 6.29 Å². The van der Waals surface area contributed by atoms with Gasteiger partial charge in [0.25, 0.3) is 0 Å². The zero-order valence-electron chi connectivity index (χ0n) is 20.5. The Morgan fingerprint density at radius 1 is 1.10 bits per heavy atom. The lowest BCUT2D eigenvalue weighted by molar-refractivity contribution is -0.118. The number of nitrogens with one attached hydrogen (secondary N) is 1. The highest BCUT2D eigenvalue weighted by Crippen LogP contribution is 2.66. The summed E-state index contributed by atoms with van der Waals surface area (Å²) in [5.41, 5.74) is 2.25. The minimum absolute atomic E-state index is 0.368. The molecule has 7 unspecified atom stereocenters. The molecule has 0 radical (unpaired) electrons. The number of aldehydes is 1. The number of hydrogen-bond donors (Lipinski definition) is 1. The van der Waals surface area contributed by atoms with Crippen molar-refractivity contribution in [3.05, 3.63) is 0 Å². The molecule has 7 atom stereocenters. The number of aliphatic imine (C=N–C) groups is 1. The summed E-state index contributed by atoms with van der Waals surface area (Å²) >= 11 is 0. The third-order valence-corrected chi connectivity index (χ3v) is 9.86. The van der Waals surface area contributed by atoms with Crippen molar-refractivity contribution in [2.75, 3.05) is 19.6 Å². The van der Waals surface area contributed by atoms with E-state index in [-0.39, 0.29) is 0 Å². The highest BCUT2D eigenvalue weighted by molar-refractivity contribution is 5.85. The van der Waals surface area contributed by atoms with Gasteiger partial charge in [0.15, 0.2) is 0 Å². The Kier molecular flexibility index (Phi) is 8.21. The Morgan fingerprint density at radius 2 is 1.90 bits per heavy atom. The van der Waals surface area contributed by atoms with Crippen LogP contribution < -0.4 is 5.32 Å². The Hall–Kier alpha value is -0.700. The van der Waals surface area contributed by atoms with Crippen LogP contribution in [0.5, 0.6) is 0 Å². The van der Waals surface area contributed by atoms with E-state index >= 15 is 0 Å². The molecule has 3 aliphatic carbocycles. The van der Waals surface area contributed by atoms with Crippen LogP contribution in [0.4, 0.5) is 0 Å². The molecular weight excluding hydrogens is 368 g/mol. The number of carbonyl (C=O) groups is 1. The van der Waals surface area contributed by atoms with Crippen molar-refractivity contribution in [3.8, 4) is 0 Å². The van der Waals surface area contributed by atoms with E-state index in [9.17, 15) is 4.79 Å². The second kappa shape index (κ2) is 10.3. The zero-order valence-corrected chi connectivity index (χ0v) is 20.5. The van der Waals surface area contributed by atoms with Gasteiger partial charge in [0.05, 0.1) is 0 Å². The number of nitrogens with zero attached hydrogens (tertiary/aromatic N) is 1. The molecule has 0 spiro atoms. The second-order valence-corrected chi connectivity index (χ2v) is 11.2. The topological polar surface area (TPSA) is 41.5 Å². The van der Waals surface area contributed by atoms with E-state index in [2.05, 4.69) is 39.9 Å². The fourth-order valence-electron chi connectivity index (χ4n) is 8.40. The van der Waals surface area contributed by atoms with Crippen molar-refractivity contribution >= 4 is 12.0 Å². The maximum atomic E-state index is 11.4. The van der Waals surface area contributed by atoms with E-state index in [1.165, 1.54) is 63.4 Å². The second-order valence-electron chi connectivity index (χ2n) is 11.2. The van der Waals surface area contributed by atoms with Crippen LogP contribution in [-0.2, 0) is 4.79 Å². The molecule has 0 bridgehead atoms. The first-order valence-corrected chi connectivity index (χ1v) is 13.1. The number of fused-ring (bicyclic) bond motifs is 3. The standard InChI is InChI=1S/C27H48N2O/c1-6-15-26(4)21(14-19-30)9-10-22-24-12-11-23(27(24,5)16-13-25(22)26)20(3)29-18-8-17-28-7-2/h19,21-25,28H,6-18H2,1-5H3. The van der Waals surface area contributed by atoms with Crippen LogP contribution in [0.2, 0.25) is 0 Å². The van der Waals surface area contributed by atoms with E-state index in [1.54, 1.807) is 0 Å². The Morgan fingerprint density at radius 3 is 2.60 bits per heavy atom. The molecule has 3 rings (SSSR count). The number of hydrogen-bond acceptors (Lipinski definition) is 3. The summed E-state index contributed by atoms with van der Waals surface area (Å²) in [6, 6.07) is 0. The quantitative estimate of drug-likeness (QED) is 0.257. The largest absolute Gasteiger partial charge is 0.317 e. The number of rotatable bonds is 10. The fourth-order valence-corrected chi connectivity index (χ4v) is 8.40. The first kappa shape index (κ1) is 24.0. The molecule has 0 heterocycles. The summed E-state index contributed by atoms with van der Waals surface area (Å²) in [7, 11) is 0. The SMILES string of the molecule is CCCC1(C)C(CC=O)CCC2C1CCC1(C)C(C(C)=NCCCNCC)CCC21. The Balaban J connectivity index is 1.73. The van der Waals surface area contributed by atoms with E-state index < -0.39 is 0 Å². The maximum Gasteiger partial charge on any atom is 0.120 e. The first-order chi connectivity index (χ1) is 14.4. The zero-order chi connectivity index (χ0) is 21.8. The lowest BCUT2D eigenvalue weighted by Gasteiger charge is -2.59. The molecule has 1 N–H and O–H groups in total. The molecule has 3 fully saturated rings. The van der Waals surface area contributed by atoms with Crippen LogP contribution in [-0.4, -0.2) is 31.6 Å². The molecule has 0 aromatic heterocycles. The van der Waals surface area contributed by atoms with Gasteiger partial charge in [-0.15, -0.1) is 0 Å². The molecule has 0 aromatic carbocycles. The minimum atomic E-state index is 0.368. The van der Waals surface area contributed by atoms with Crippen molar-refractivity contribution in [3.63, 3.8) is 0 Å². The third-order valence-electron chi connectivity index (χ3n) is 9.86. The molecule has 3 nitrogen and oxygen atoms in total. The van der Waals surface area contributed by atoms with Crippen molar-refractivity contribution in [2.45, 2.75) is 98.8 Å². The molecular formula is C27H48N2O. The number of carbonyl (C=O) groups excluding carboxylic acids is 1. The van der Waals surface area contributed by atoms with Crippen molar-refractivity contribution in [2.24, 2.45) is 45.4 Å². The van der Waals surface area contributed by atoms with Crippen molar-refractivity contribution in [1.29, 1.82) is 0 Å². The van der Waals surface area contributed by atoms with Gasteiger partial charge in [0.2, 0.25) is 0 Å². The van der Waals surface area contributed by atoms with Crippen LogP contribution >= 0.6 is 0 Å². The lowest BCUT2D eigenvalue weighted by Crippen LogP contribution is -2.52. The van der Waals surface area contributed by atoms with Crippen LogP contribution in [0.1, 0.15) is 98.8 Å². The molecule has 3 saturated carbocycles. The summed E-state index contributed by atoms with van der Waals surface area (Å²) in [6.45, 7) is 15.1. The smallest absolute Gasteiger partial charge is 0.120 e. The monoisotopic (exact) mass is 416 g/mol. The van der Waals surface area contributed by atoms with Gasteiger partial charge in [-0.1, -0.05) is 34.1 Å². The van der Waals surface area contributed by atoms with E-state index in [1.807, 2.05) is 0 Å². The molecule has 30 heavy (non-hydrogen) atoms. The molecule has 0 amide bonds. The molecule has 3 heteroatoms. The Bertz CT molecular complexity index is 602. The third kappa shape index (κ3) is 4.43. The van der Waals surface area contributed by atoms with Crippen LogP contribution in [0, 0.1) is 40.4 Å². The summed E-state index contributed by atoms with van der Waals surface area (Å²) in [4.78, 5) is 16.5. The summed E-state index contributed by atoms with van der Waals surface area (Å²) in [5.74, 6) is 3.85. The Labute approximate surface area is 186 Å². The predicted octanol–water partition coefficient (Wildman–Crippen LogP) is 6.31. The maximum absolute atomic E-state index is 11.4. The minimum Gasteiger partial charge on any atom is -0.317 e. The van der Waals surface area contributed by atoms with Crippen LogP contribution in [0.3, 0.4) is 0 Å². The van der Waals surface area contributed by atoms with Gasteiger partial charge in [-0.3, -0.25) is 4.99 Å². The highest BCUT2D eigenvalue weighted by atomic mass is 16.1. The predicted molar refractivity (Wildman–Crippen MR) is 128 cm³/mol. The molecule has 0 aliphatic heterocycles. The van der Waals surface area contributed by atoms with Crippen molar-refractivity contribution < 1.29 is 4.79 Å². The van der Waals surface area contributed by atoms with Crippen LogP contribution in [0.15, 0.2) is 4.99 Å². The van der Waals surface area contributed by atoms with Gasteiger partial charge >= 0.3 is 0 Å². The van der Waals surface area contributed by atoms with E-state index in [4.69, 9.17) is 4.99 Å². The summed E-state index contributed by atoms with van der Waals surface area (Å²) in [5, 5.41) is 3.41. The van der Waals surface area contributed by atoms with Gasteiger partial charge in [-0.05, 0) is 106 Å². The van der Waals surface area contributed by atoms with Crippen LogP contribution in [0.25, 0.3) is 0 Å². The van der Waals surface area contributed by atoms with Gasteiger partial charge in [0, 0.05) is 24.6 Å². The molecule has 0 saturated heterocycles. The average Bonchev–Trinajstić information content (AvgIpc) is 3.07. The normalized spacial score (nSPS) is 41.4. The molecule has 0 aromatic rings. The van der Waals surface area contributed by atoms with Gasteiger partial charge < -0.3 is 10.1 Å². The lowest BCUT2D eigenvalue weighted by atomic mass is 9.46. The van der Waals surface area contributed by atoms with Crippen molar-refractivity contribution in [1.82, 2.24) is 5.32 Å². The first-order valence-electron chi connectivity index (χ1n) is 13.1. The van der Waals surface area contributed by atoms with E-state index in [0.29, 0.717) is 22.7 Å². The summed E-state index contributed by atoms with van der Waals surface area (Å²) < 4.78 is 0. The fraction of sp³-hybridized carbons (Fsp3) is 0.926. The average molecular weight is 417 g/mol. The molecule has 3 aliphatic rings. The van der Waals surface area contributed by atoms with Gasteiger partial charge in [-0.2, -0.15) is 0 Å². The van der Waals surface area contributed by atoms with E-state index in [0.717, 1.165) is 50.2 Å². The summed E-state index contributed by atoms with van der Waals surface area (Å²) in [6.07, 6.45) is 13.8. The highest BCUT2D eigenvalue weighted by Gasteiger charge is 2.59.